The van der Waals surface area contributed by atoms with E-state index in [1.165, 1.54) is 12.1 Å². The number of pyridine rings is 1. The highest BCUT2D eigenvalue weighted by molar-refractivity contribution is 6.29. The Labute approximate surface area is 112 Å². The average Bonchev–Trinajstić information content (AvgIpc) is 2.27. The highest BCUT2D eigenvalue weighted by atomic mass is 35.5. The molecule has 0 atom stereocenters. The highest BCUT2D eigenvalue weighted by Gasteiger charge is 2.06. The van der Waals surface area contributed by atoms with Crippen molar-refractivity contribution < 1.29 is 9.90 Å². The van der Waals surface area contributed by atoms with E-state index in [-0.39, 0.29) is 10.7 Å². The quantitative estimate of drug-likeness (QED) is 0.588. The largest absolute Gasteiger partial charge is 0.478 e. The summed E-state index contributed by atoms with van der Waals surface area (Å²) in [5, 5.41) is 12.1. The molecule has 0 aliphatic rings. The van der Waals surface area contributed by atoms with E-state index in [4.69, 9.17) is 16.7 Å². The van der Waals surface area contributed by atoms with E-state index < -0.39 is 5.97 Å². The van der Waals surface area contributed by atoms with Gasteiger partial charge in [-0.25, -0.2) is 9.78 Å². The number of hydrogen-bond donors (Lipinski definition) is 2. The molecule has 6 heteroatoms. The second kappa shape index (κ2) is 7.18. The van der Waals surface area contributed by atoms with Gasteiger partial charge >= 0.3 is 5.97 Å². The molecule has 0 bridgehead atoms. The summed E-state index contributed by atoms with van der Waals surface area (Å²) in [6, 6.07) is 2.82. The van der Waals surface area contributed by atoms with E-state index in [9.17, 15) is 4.79 Å². The predicted molar refractivity (Wildman–Crippen MR) is 72.5 cm³/mol. The number of aromatic carboxylic acids is 1. The summed E-state index contributed by atoms with van der Waals surface area (Å²) in [5.41, 5.74) is 0.144. The summed E-state index contributed by atoms with van der Waals surface area (Å²) in [6.45, 7) is 1.78. The van der Waals surface area contributed by atoms with E-state index >= 15 is 0 Å². The number of carboxylic acids is 1. The molecule has 0 spiro atoms. The molecule has 0 amide bonds. The van der Waals surface area contributed by atoms with Crippen molar-refractivity contribution in [1.82, 2.24) is 9.88 Å². The predicted octanol–water partition coefficient (Wildman–Crippen LogP) is 2.19. The molecule has 1 rings (SSSR count). The molecule has 0 radical (unpaired) electrons. The third-order valence-electron chi connectivity index (χ3n) is 2.38. The lowest BCUT2D eigenvalue weighted by molar-refractivity contribution is 0.0697. The topological polar surface area (TPSA) is 65.5 Å². The average molecular weight is 272 g/mol. The number of aromatic nitrogens is 1. The minimum Gasteiger partial charge on any atom is -0.478 e. The SMILES string of the molecule is CN(C)CCCCNc1cc(C(=O)O)cc(Cl)n1. The number of halogens is 1. The maximum absolute atomic E-state index is 10.8. The molecule has 2 N–H and O–H groups in total. The van der Waals surface area contributed by atoms with Gasteiger partial charge < -0.3 is 15.3 Å². The van der Waals surface area contributed by atoms with Crippen LogP contribution in [0.25, 0.3) is 0 Å². The first-order valence-corrected chi connectivity index (χ1v) is 6.16. The van der Waals surface area contributed by atoms with Gasteiger partial charge in [0, 0.05) is 6.54 Å². The maximum atomic E-state index is 10.8. The Morgan fingerprint density at radius 2 is 2.17 bits per heavy atom. The summed E-state index contributed by atoms with van der Waals surface area (Å²) in [5.74, 6) is -0.500. The van der Waals surface area contributed by atoms with Crippen molar-refractivity contribution in [3.63, 3.8) is 0 Å². The van der Waals surface area contributed by atoms with Crippen molar-refractivity contribution in [2.45, 2.75) is 12.8 Å². The summed E-state index contributed by atoms with van der Waals surface area (Å²) >= 11 is 5.75. The molecule has 5 nitrogen and oxygen atoms in total. The van der Waals surface area contributed by atoms with Crippen LogP contribution in [0.5, 0.6) is 0 Å². The Balaban J connectivity index is 2.44. The van der Waals surface area contributed by atoms with Crippen molar-refractivity contribution >= 4 is 23.4 Å². The zero-order valence-electron chi connectivity index (χ0n) is 10.6. The molecule has 1 aromatic heterocycles. The number of nitrogens with one attached hydrogen (secondary N) is 1. The summed E-state index contributed by atoms with van der Waals surface area (Å²) in [4.78, 5) is 17.0. The number of anilines is 1. The first-order chi connectivity index (χ1) is 8.49. The van der Waals surface area contributed by atoms with Crippen LogP contribution in [-0.4, -0.2) is 48.1 Å². The monoisotopic (exact) mass is 271 g/mol. The van der Waals surface area contributed by atoms with Crippen molar-refractivity contribution in [3.8, 4) is 0 Å². The highest BCUT2D eigenvalue weighted by Crippen LogP contribution is 2.14. The van der Waals surface area contributed by atoms with E-state index in [0.717, 1.165) is 25.9 Å². The Morgan fingerprint density at radius 1 is 1.44 bits per heavy atom. The lowest BCUT2D eigenvalue weighted by Gasteiger charge is -2.10. The molecular formula is C12H18ClN3O2. The molecule has 0 saturated carbocycles. The van der Waals surface area contributed by atoms with Gasteiger partial charge in [-0.3, -0.25) is 0 Å². The van der Waals surface area contributed by atoms with Crippen LogP contribution in [0.2, 0.25) is 5.15 Å². The number of unbranched alkanes of at least 4 members (excludes halogenated alkanes) is 1. The third kappa shape index (κ3) is 5.33. The van der Waals surface area contributed by atoms with Crippen LogP contribution >= 0.6 is 11.6 Å². The third-order valence-corrected chi connectivity index (χ3v) is 2.57. The Hall–Kier alpha value is -1.33. The number of carbonyl (C=O) groups is 1. The van der Waals surface area contributed by atoms with Crippen molar-refractivity contribution in [2.75, 3.05) is 32.5 Å². The fourth-order valence-electron chi connectivity index (χ4n) is 1.48. The second-order valence-electron chi connectivity index (χ2n) is 4.31. The number of carboxylic acid groups (broad SMARTS) is 1. The molecule has 0 aliphatic carbocycles. The summed E-state index contributed by atoms with van der Waals surface area (Å²) < 4.78 is 0. The molecule has 1 aromatic rings. The Morgan fingerprint density at radius 3 is 2.78 bits per heavy atom. The van der Waals surface area contributed by atoms with Crippen LogP contribution < -0.4 is 5.32 Å². The number of nitrogens with zero attached hydrogens (tertiary/aromatic N) is 2. The molecule has 0 unspecified atom stereocenters. The fraction of sp³-hybridized carbons (Fsp3) is 0.500. The normalized spacial score (nSPS) is 10.7. The van der Waals surface area contributed by atoms with Gasteiger partial charge in [0.1, 0.15) is 11.0 Å². The molecule has 0 aromatic carbocycles. The summed E-state index contributed by atoms with van der Waals surface area (Å²) in [7, 11) is 4.07. The minimum atomic E-state index is -1.00. The molecule has 0 saturated heterocycles. The van der Waals surface area contributed by atoms with Crippen molar-refractivity contribution in [2.24, 2.45) is 0 Å². The Bertz CT molecular complexity index is 410. The zero-order chi connectivity index (χ0) is 13.5. The van der Waals surface area contributed by atoms with Gasteiger partial charge in [-0.05, 0) is 45.6 Å². The van der Waals surface area contributed by atoms with Crippen molar-refractivity contribution in [1.29, 1.82) is 0 Å². The molecule has 1 heterocycles. The molecule has 100 valence electrons. The smallest absolute Gasteiger partial charge is 0.335 e. The molecule has 0 aliphatic heterocycles. The minimum absolute atomic E-state index is 0.144. The standard InChI is InChI=1S/C12H18ClN3O2/c1-16(2)6-4-3-5-14-11-8-9(12(17)18)7-10(13)15-11/h7-8H,3-6H2,1-2H3,(H,14,15)(H,17,18). The van der Waals surface area contributed by atoms with Gasteiger partial charge in [-0.15, -0.1) is 0 Å². The molecule has 18 heavy (non-hydrogen) atoms. The van der Waals surface area contributed by atoms with Crippen LogP contribution in [-0.2, 0) is 0 Å². The first-order valence-electron chi connectivity index (χ1n) is 5.78. The van der Waals surface area contributed by atoms with Gasteiger partial charge in [-0.2, -0.15) is 0 Å². The van der Waals surface area contributed by atoms with E-state index in [2.05, 4.69) is 15.2 Å². The van der Waals surface area contributed by atoms with Crippen LogP contribution in [0.15, 0.2) is 12.1 Å². The van der Waals surface area contributed by atoms with Gasteiger partial charge in [0.15, 0.2) is 0 Å². The zero-order valence-corrected chi connectivity index (χ0v) is 11.4. The van der Waals surface area contributed by atoms with E-state index in [1.807, 2.05) is 14.1 Å². The lowest BCUT2D eigenvalue weighted by atomic mass is 10.2. The van der Waals surface area contributed by atoms with Gasteiger partial charge in [0.25, 0.3) is 0 Å². The molecule has 0 fully saturated rings. The number of rotatable bonds is 7. The maximum Gasteiger partial charge on any atom is 0.335 e. The first kappa shape index (κ1) is 14.7. The Kier molecular flexibility index (Phi) is 5.88. The number of hydrogen-bond acceptors (Lipinski definition) is 4. The fourth-order valence-corrected chi connectivity index (χ4v) is 1.69. The van der Waals surface area contributed by atoms with Gasteiger partial charge in [0.2, 0.25) is 0 Å². The van der Waals surface area contributed by atoms with Crippen LogP contribution in [0, 0.1) is 0 Å². The van der Waals surface area contributed by atoms with Crippen LogP contribution in [0.4, 0.5) is 5.82 Å². The lowest BCUT2D eigenvalue weighted by Crippen LogP contribution is -2.14. The van der Waals surface area contributed by atoms with Crippen LogP contribution in [0.3, 0.4) is 0 Å². The van der Waals surface area contributed by atoms with Gasteiger partial charge in [0.05, 0.1) is 5.56 Å². The van der Waals surface area contributed by atoms with E-state index in [1.54, 1.807) is 0 Å². The molecular weight excluding hydrogens is 254 g/mol. The van der Waals surface area contributed by atoms with Gasteiger partial charge in [-0.1, -0.05) is 11.6 Å². The van der Waals surface area contributed by atoms with Crippen molar-refractivity contribution in [3.05, 3.63) is 22.8 Å². The van der Waals surface area contributed by atoms with E-state index in [0.29, 0.717) is 5.82 Å². The van der Waals surface area contributed by atoms with Crippen LogP contribution in [0.1, 0.15) is 23.2 Å². The summed E-state index contributed by atoms with van der Waals surface area (Å²) in [6.07, 6.45) is 2.07. The second-order valence-corrected chi connectivity index (χ2v) is 4.69.